The van der Waals surface area contributed by atoms with E-state index in [-0.39, 0.29) is 5.69 Å². The van der Waals surface area contributed by atoms with Crippen molar-refractivity contribution >= 4 is 11.7 Å². The van der Waals surface area contributed by atoms with Crippen molar-refractivity contribution in [2.75, 3.05) is 18.0 Å². The second-order valence-corrected chi connectivity index (χ2v) is 6.33. The number of anilines is 1. The number of primary amides is 1. The molecule has 2 aromatic heterocycles. The average molecular weight is 326 g/mol. The van der Waals surface area contributed by atoms with Gasteiger partial charge in [-0.3, -0.25) is 4.79 Å². The van der Waals surface area contributed by atoms with Crippen molar-refractivity contribution in [1.82, 2.24) is 19.9 Å². The number of carbonyl (C=O) groups excluding carboxylic acids is 1. The molecule has 2 aromatic rings. The summed E-state index contributed by atoms with van der Waals surface area (Å²) in [5, 5.41) is 0. The molecule has 1 aliphatic heterocycles. The standard InChI is InChI=1S/C17H22N6O/c1-11-6-16(20-10-19-11)23-5-3-4-13(9-23)7-14-8-15(17(18)24)22-12(2)21-14/h6,8,10,13H,3-5,7,9H2,1-2H3,(H2,18,24)/t13-/m0/s1. The maximum Gasteiger partial charge on any atom is 0.267 e. The molecule has 1 amide bonds. The maximum atomic E-state index is 11.4. The van der Waals surface area contributed by atoms with E-state index in [1.807, 2.05) is 13.0 Å². The molecule has 0 aliphatic carbocycles. The predicted molar refractivity (Wildman–Crippen MR) is 90.7 cm³/mol. The van der Waals surface area contributed by atoms with Crippen LogP contribution in [-0.4, -0.2) is 38.9 Å². The lowest BCUT2D eigenvalue weighted by atomic mass is 9.93. The molecule has 7 nitrogen and oxygen atoms in total. The molecule has 0 bridgehead atoms. The highest BCUT2D eigenvalue weighted by Gasteiger charge is 2.22. The number of carbonyl (C=O) groups is 1. The quantitative estimate of drug-likeness (QED) is 0.913. The molecule has 3 rings (SSSR count). The van der Waals surface area contributed by atoms with Gasteiger partial charge in [0.15, 0.2) is 0 Å². The highest BCUT2D eigenvalue weighted by Crippen LogP contribution is 2.24. The molecule has 24 heavy (non-hydrogen) atoms. The van der Waals surface area contributed by atoms with Gasteiger partial charge in [-0.05, 0) is 45.1 Å². The van der Waals surface area contributed by atoms with Gasteiger partial charge in [0.25, 0.3) is 5.91 Å². The summed E-state index contributed by atoms with van der Waals surface area (Å²) < 4.78 is 0. The SMILES string of the molecule is Cc1cc(N2CCC[C@@H](Cc3cc(C(N)=O)nc(C)n3)C2)ncn1. The molecule has 3 heterocycles. The van der Waals surface area contributed by atoms with E-state index in [4.69, 9.17) is 5.73 Å². The number of hydrogen-bond donors (Lipinski definition) is 1. The van der Waals surface area contributed by atoms with Crippen LogP contribution < -0.4 is 10.6 Å². The fourth-order valence-corrected chi connectivity index (χ4v) is 3.21. The smallest absolute Gasteiger partial charge is 0.267 e. The summed E-state index contributed by atoms with van der Waals surface area (Å²) in [7, 11) is 0. The van der Waals surface area contributed by atoms with E-state index in [0.29, 0.717) is 11.7 Å². The Labute approximate surface area is 141 Å². The van der Waals surface area contributed by atoms with Crippen LogP contribution in [0.5, 0.6) is 0 Å². The van der Waals surface area contributed by atoms with Gasteiger partial charge in [0.05, 0.1) is 0 Å². The van der Waals surface area contributed by atoms with Crippen LogP contribution in [0.15, 0.2) is 18.5 Å². The highest BCUT2D eigenvalue weighted by atomic mass is 16.1. The van der Waals surface area contributed by atoms with Crippen LogP contribution in [-0.2, 0) is 6.42 Å². The van der Waals surface area contributed by atoms with E-state index in [2.05, 4.69) is 24.8 Å². The Morgan fingerprint density at radius 1 is 1.29 bits per heavy atom. The summed E-state index contributed by atoms with van der Waals surface area (Å²) in [6.45, 7) is 5.68. The molecular formula is C17H22N6O. The first-order valence-electron chi connectivity index (χ1n) is 8.19. The van der Waals surface area contributed by atoms with Crippen molar-refractivity contribution in [1.29, 1.82) is 0 Å². The van der Waals surface area contributed by atoms with E-state index >= 15 is 0 Å². The molecule has 1 saturated heterocycles. The fraction of sp³-hybridized carbons (Fsp3) is 0.471. The zero-order valence-electron chi connectivity index (χ0n) is 14.1. The zero-order valence-corrected chi connectivity index (χ0v) is 14.1. The summed E-state index contributed by atoms with van der Waals surface area (Å²) in [6.07, 6.45) is 4.67. The van der Waals surface area contributed by atoms with Crippen LogP contribution in [0.25, 0.3) is 0 Å². The topological polar surface area (TPSA) is 97.9 Å². The van der Waals surface area contributed by atoms with Crippen LogP contribution in [0.2, 0.25) is 0 Å². The largest absolute Gasteiger partial charge is 0.364 e. The lowest BCUT2D eigenvalue weighted by Crippen LogP contribution is -2.37. The average Bonchev–Trinajstić information content (AvgIpc) is 2.54. The zero-order chi connectivity index (χ0) is 17.1. The van der Waals surface area contributed by atoms with Gasteiger partial charge >= 0.3 is 0 Å². The lowest BCUT2D eigenvalue weighted by Gasteiger charge is -2.33. The van der Waals surface area contributed by atoms with E-state index < -0.39 is 5.91 Å². The molecule has 0 aromatic carbocycles. The van der Waals surface area contributed by atoms with Gasteiger partial charge in [0.1, 0.15) is 23.7 Å². The Bertz CT molecular complexity index is 748. The maximum absolute atomic E-state index is 11.4. The van der Waals surface area contributed by atoms with Crippen molar-refractivity contribution in [3.63, 3.8) is 0 Å². The van der Waals surface area contributed by atoms with Crippen LogP contribution in [0.4, 0.5) is 5.82 Å². The molecule has 0 unspecified atom stereocenters. The molecule has 1 fully saturated rings. The van der Waals surface area contributed by atoms with Crippen LogP contribution in [0.1, 0.15) is 40.5 Å². The third-order valence-electron chi connectivity index (χ3n) is 4.27. The minimum Gasteiger partial charge on any atom is -0.364 e. The van der Waals surface area contributed by atoms with Gasteiger partial charge in [-0.25, -0.2) is 19.9 Å². The summed E-state index contributed by atoms with van der Waals surface area (Å²) in [5.41, 5.74) is 7.48. The van der Waals surface area contributed by atoms with Crippen LogP contribution >= 0.6 is 0 Å². The van der Waals surface area contributed by atoms with Gasteiger partial charge in [0.2, 0.25) is 0 Å². The first kappa shape index (κ1) is 16.3. The van der Waals surface area contributed by atoms with E-state index in [1.54, 1.807) is 19.3 Å². The third-order valence-corrected chi connectivity index (χ3v) is 4.27. The number of rotatable bonds is 4. The van der Waals surface area contributed by atoms with Crippen LogP contribution in [0, 0.1) is 19.8 Å². The van der Waals surface area contributed by atoms with E-state index in [0.717, 1.165) is 49.6 Å². The first-order chi connectivity index (χ1) is 11.5. The highest BCUT2D eigenvalue weighted by molar-refractivity contribution is 5.90. The lowest BCUT2D eigenvalue weighted by molar-refractivity contribution is 0.0995. The summed E-state index contributed by atoms with van der Waals surface area (Å²) in [5.74, 6) is 1.51. The van der Waals surface area contributed by atoms with Crippen molar-refractivity contribution in [3.05, 3.63) is 41.4 Å². The molecule has 1 aliphatic rings. The van der Waals surface area contributed by atoms with Crippen molar-refractivity contribution < 1.29 is 4.79 Å². The monoisotopic (exact) mass is 326 g/mol. The Balaban J connectivity index is 1.73. The number of hydrogen-bond acceptors (Lipinski definition) is 6. The fourth-order valence-electron chi connectivity index (χ4n) is 3.21. The van der Waals surface area contributed by atoms with Gasteiger partial charge in [0, 0.05) is 30.5 Å². The minimum absolute atomic E-state index is 0.289. The molecule has 2 N–H and O–H groups in total. The summed E-state index contributed by atoms with van der Waals surface area (Å²) >= 11 is 0. The molecule has 7 heteroatoms. The molecule has 126 valence electrons. The normalized spacial score (nSPS) is 17.8. The van der Waals surface area contributed by atoms with Gasteiger partial charge < -0.3 is 10.6 Å². The molecule has 0 saturated carbocycles. The van der Waals surface area contributed by atoms with Crippen molar-refractivity contribution in [2.45, 2.75) is 33.1 Å². The molecular weight excluding hydrogens is 304 g/mol. The van der Waals surface area contributed by atoms with Gasteiger partial charge in [-0.15, -0.1) is 0 Å². The third kappa shape index (κ3) is 3.84. The number of nitrogens with zero attached hydrogens (tertiary/aromatic N) is 5. The molecule has 1 atom stereocenters. The Hall–Kier alpha value is -2.57. The van der Waals surface area contributed by atoms with Crippen molar-refractivity contribution in [2.24, 2.45) is 11.7 Å². The number of nitrogens with two attached hydrogens (primary N) is 1. The second kappa shape index (κ2) is 6.90. The summed E-state index contributed by atoms with van der Waals surface area (Å²) in [4.78, 5) is 30.8. The Morgan fingerprint density at radius 2 is 2.12 bits per heavy atom. The minimum atomic E-state index is -0.511. The Morgan fingerprint density at radius 3 is 2.88 bits per heavy atom. The summed E-state index contributed by atoms with van der Waals surface area (Å²) in [6, 6.07) is 3.73. The van der Waals surface area contributed by atoms with Crippen molar-refractivity contribution in [3.8, 4) is 0 Å². The van der Waals surface area contributed by atoms with E-state index in [1.165, 1.54) is 0 Å². The first-order valence-corrected chi connectivity index (χ1v) is 8.19. The second-order valence-electron chi connectivity index (χ2n) is 6.33. The number of piperidine rings is 1. The van der Waals surface area contributed by atoms with Gasteiger partial charge in [-0.1, -0.05) is 0 Å². The predicted octanol–water partition coefficient (Wildman–Crippen LogP) is 1.44. The van der Waals surface area contributed by atoms with Gasteiger partial charge in [-0.2, -0.15) is 0 Å². The number of aryl methyl sites for hydroxylation is 2. The van der Waals surface area contributed by atoms with Crippen LogP contribution in [0.3, 0.4) is 0 Å². The molecule has 0 spiro atoms. The molecule has 0 radical (unpaired) electrons. The number of amides is 1. The Kier molecular flexibility index (Phi) is 4.69. The van der Waals surface area contributed by atoms with E-state index in [9.17, 15) is 4.79 Å². The number of aromatic nitrogens is 4.